The van der Waals surface area contributed by atoms with Crippen molar-refractivity contribution in [1.29, 1.82) is 0 Å². The molecule has 0 aromatic heterocycles. The van der Waals surface area contributed by atoms with Gasteiger partial charge in [0, 0.05) is 26.7 Å². The second-order valence-corrected chi connectivity index (χ2v) is 4.05. The quantitative estimate of drug-likeness (QED) is 0.634. The average Bonchev–Trinajstić information content (AvgIpc) is 2.29. The van der Waals surface area contributed by atoms with E-state index in [1.54, 1.807) is 7.05 Å². The smallest absolute Gasteiger partial charge is 0.219 e. The number of carbonyl (C=O) groups excluding carboxylic acids is 1. The van der Waals surface area contributed by atoms with Crippen LogP contribution in [0.2, 0.25) is 0 Å². The Morgan fingerprint density at radius 1 is 1.47 bits per heavy atom. The molecule has 0 spiro atoms. The lowest BCUT2D eigenvalue weighted by Crippen LogP contribution is -2.30. The summed E-state index contributed by atoms with van der Waals surface area (Å²) in [4.78, 5) is 10.9. The number of hydrogen-bond acceptors (Lipinski definition) is 3. The molecule has 0 aliphatic carbocycles. The maximum absolute atomic E-state index is 10.9. The molecule has 0 radical (unpaired) electrons. The van der Waals surface area contributed by atoms with Crippen LogP contribution in [-0.4, -0.2) is 39.3 Å². The molecule has 2 N–H and O–H groups in total. The monoisotopic (exact) mass is 214 g/mol. The van der Waals surface area contributed by atoms with Crippen molar-refractivity contribution < 1.29 is 9.53 Å². The summed E-state index contributed by atoms with van der Waals surface area (Å²) in [5.74, 6) is 0.812. The first kappa shape index (κ1) is 12.5. The highest BCUT2D eigenvalue weighted by Crippen LogP contribution is 2.11. The summed E-state index contributed by atoms with van der Waals surface area (Å²) in [5, 5.41) is 5.93. The molecule has 15 heavy (non-hydrogen) atoms. The molecule has 0 aromatic rings. The molecule has 1 rings (SSSR count). The first-order chi connectivity index (χ1) is 7.33. The Morgan fingerprint density at radius 3 is 2.87 bits per heavy atom. The molecule has 88 valence electrons. The van der Waals surface area contributed by atoms with Crippen LogP contribution in [0.1, 0.15) is 25.7 Å². The molecule has 1 saturated heterocycles. The molecule has 0 atom stereocenters. The Labute approximate surface area is 91.8 Å². The molecule has 0 bridgehead atoms. The maximum atomic E-state index is 10.9. The second-order valence-electron chi connectivity index (χ2n) is 4.05. The molecule has 0 saturated carbocycles. The minimum absolute atomic E-state index is 0.0977. The summed E-state index contributed by atoms with van der Waals surface area (Å²) in [6.07, 6.45) is 3.83. The topological polar surface area (TPSA) is 50.4 Å². The van der Waals surface area contributed by atoms with Crippen molar-refractivity contribution in [3.63, 3.8) is 0 Å². The number of piperidine rings is 1. The van der Waals surface area contributed by atoms with Crippen LogP contribution >= 0.6 is 0 Å². The van der Waals surface area contributed by atoms with Crippen molar-refractivity contribution in [3.8, 4) is 0 Å². The van der Waals surface area contributed by atoms with Crippen molar-refractivity contribution in [2.24, 2.45) is 5.92 Å². The molecule has 1 heterocycles. The standard InChI is InChI=1S/C11H22N2O2/c1-12-11(14)3-2-8-15-9-10-4-6-13-7-5-10/h10,13H,2-9H2,1H3,(H,12,14). The lowest BCUT2D eigenvalue weighted by Gasteiger charge is -2.22. The molecule has 1 amide bonds. The lowest BCUT2D eigenvalue weighted by atomic mass is 9.99. The normalized spacial score (nSPS) is 17.7. The van der Waals surface area contributed by atoms with E-state index < -0.39 is 0 Å². The zero-order valence-electron chi connectivity index (χ0n) is 9.55. The predicted octanol–water partition coefficient (Wildman–Crippen LogP) is 0.529. The van der Waals surface area contributed by atoms with Crippen molar-refractivity contribution in [2.75, 3.05) is 33.4 Å². The summed E-state index contributed by atoms with van der Waals surface area (Å²) in [5.41, 5.74) is 0. The van der Waals surface area contributed by atoms with Crippen LogP contribution in [0, 0.1) is 5.92 Å². The van der Waals surface area contributed by atoms with Gasteiger partial charge in [0.15, 0.2) is 0 Å². The molecule has 4 heteroatoms. The second kappa shape index (κ2) is 7.65. The van der Waals surface area contributed by atoms with Gasteiger partial charge in [-0.3, -0.25) is 4.79 Å². The minimum Gasteiger partial charge on any atom is -0.381 e. The summed E-state index contributed by atoms with van der Waals surface area (Å²) < 4.78 is 5.56. The Morgan fingerprint density at radius 2 is 2.20 bits per heavy atom. The predicted molar refractivity (Wildman–Crippen MR) is 59.7 cm³/mol. The van der Waals surface area contributed by atoms with Gasteiger partial charge in [0.05, 0.1) is 0 Å². The fraction of sp³-hybridized carbons (Fsp3) is 0.909. The molecule has 0 unspecified atom stereocenters. The number of carbonyl (C=O) groups is 1. The van der Waals surface area contributed by atoms with Crippen molar-refractivity contribution in [2.45, 2.75) is 25.7 Å². The van der Waals surface area contributed by atoms with E-state index in [9.17, 15) is 4.79 Å². The van der Waals surface area contributed by atoms with Crippen molar-refractivity contribution in [1.82, 2.24) is 10.6 Å². The van der Waals surface area contributed by atoms with Crippen LogP contribution in [0.25, 0.3) is 0 Å². The highest BCUT2D eigenvalue weighted by atomic mass is 16.5. The highest BCUT2D eigenvalue weighted by molar-refractivity contribution is 5.75. The highest BCUT2D eigenvalue weighted by Gasteiger charge is 2.12. The van der Waals surface area contributed by atoms with E-state index in [0.29, 0.717) is 18.9 Å². The van der Waals surface area contributed by atoms with Gasteiger partial charge in [-0.2, -0.15) is 0 Å². The summed E-state index contributed by atoms with van der Waals surface area (Å²) in [7, 11) is 1.66. The van der Waals surface area contributed by atoms with Gasteiger partial charge in [-0.05, 0) is 38.3 Å². The van der Waals surface area contributed by atoms with Gasteiger partial charge >= 0.3 is 0 Å². The molecular weight excluding hydrogens is 192 g/mol. The van der Waals surface area contributed by atoms with E-state index in [2.05, 4.69) is 10.6 Å². The van der Waals surface area contributed by atoms with Crippen LogP contribution in [0.5, 0.6) is 0 Å². The van der Waals surface area contributed by atoms with Crippen LogP contribution < -0.4 is 10.6 Å². The van der Waals surface area contributed by atoms with E-state index in [4.69, 9.17) is 4.74 Å². The first-order valence-electron chi connectivity index (χ1n) is 5.82. The third-order valence-corrected chi connectivity index (χ3v) is 2.78. The largest absolute Gasteiger partial charge is 0.381 e. The lowest BCUT2D eigenvalue weighted by molar-refractivity contribution is -0.120. The molecule has 4 nitrogen and oxygen atoms in total. The van der Waals surface area contributed by atoms with Gasteiger partial charge in [-0.25, -0.2) is 0 Å². The SMILES string of the molecule is CNC(=O)CCCOCC1CCNCC1. The zero-order valence-corrected chi connectivity index (χ0v) is 9.55. The van der Waals surface area contributed by atoms with E-state index in [0.717, 1.165) is 26.1 Å². The zero-order chi connectivity index (χ0) is 10.9. The van der Waals surface area contributed by atoms with Crippen LogP contribution in [-0.2, 0) is 9.53 Å². The number of amides is 1. The van der Waals surface area contributed by atoms with E-state index >= 15 is 0 Å². The van der Waals surface area contributed by atoms with Gasteiger partial charge in [0.2, 0.25) is 5.91 Å². The Hall–Kier alpha value is -0.610. The fourth-order valence-corrected chi connectivity index (χ4v) is 1.76. The third-order valence-electron chi connectivity index (χ3n) is 2.78. The number of hydrogen-bond donors (Lipinski definition) is 2. The van der Waals surface area contributed by atoms with E-state index in [1.165, 1.54) is 12.8 Å². The van der Waals surface area contributed by atoms with Gasteiger partial charge in [-0.15, -0.1) is 0 Å². The minimum atomic E-state index is 0.0977. The average molecular weight is 214 g/mol. The van der Waals surface area contributed by atoms with Crippen molar-refractivity contribution >= 4 is 5.91 Å². The van der Waals surface area contributed by atoms with Gasteiger partial charge in [-0.1, -0.05) is 0 Å². The molecular formula is C11H22N2O2. The Balaban J connectivity index is 1.89. The molecule has 1 aliphatic heterocycles. The van der Waals surface area contributed by atoms with E-state index in [-0.39, 0.29) is 5.91 Å². The summed E-state index contributed by atoms with van der Waals surface area (Å²) in [6.45, 7) is 3.80. The summed E-state index contributed by atoms with van der Waals surface area (Å²) in [6, 6.07) is 0. The Kier molecular flexibility index (Phi) is 6.36. The summed E-state index contributed by atoms with van der Waals surface area (Å²) >= 11 is 0. The fourth-order valence-electron chi connectivity index (χ4n) is 1.76. The van der Waals surface area contributed by atoms with E-state index in [1.807, 2.05) is 0 Å². The van der Waals surface area contributed by atoms with Gasteiger partial charge < -0.3 is 15.4 Å². The number of rotatable bonds is 6. The number of nitrogens with one attached hydrogen (secondary N) is 2. The Bertz CT molecular complexity index is 179. The molecule has 1 fully saturated rings. The third kappa shape index (κ3) is 5.74. The van der Waals surface area contributed by atoms with Crippen molar-refractivity contribution in [3.05, 3.63) is 0 Å². The molecule has 1 aliphatic rings. The van der Waals surface area contributed by atoms with Crippen LogP contribution in [0.4, 0.5) is 0 Å². The maximum Gasteiger partial charge on any atom is 0.219 e. The van der Waals surface area contributed by atoms with Gasteiger partial charge in [0.1, 0.15) is 0 Å². The van der Waals surface area contributed by atoms with Crippen LogP contribution in [0.3, 0.4) is 0 Å². The number of ether oxygens (including phenoxy) is 1. The first-order valence-corrected chi connectivity index (χ1v) is 5.82. The molecule has 0 aromatic carbocycles. The van der Waals surface area contributed by atoms with Gasteiger partial charge in [0.25, 0.3) is 0 Å². The van der Waals surface area contributed by atoms with Crippen LogP contribution in [0.15, 0.2) is 0 Å².